The molecule has 0 aliphatic carbocycles. The third-order valence-corrected chi connectivity index (χ3v) is 4.26. The Bertz CT molecular complexity index is 1110. The maximum absolute atomic E-state index is 13.0. The van der Waals surface area contributed by atoms with Crippen LogP contribution in [0.1, 0.15) is 16.7 Å². The maximum atomic E-state index is 13.0. The molecule has 0 amide bonds. The number of rotatable bonds is 4. The summed E-state index contributed by atoms with van der Waals surface area (Å²) in [6, 6.07) is 2.82. The van der Waals surface area contributed by atoms with Crippen LogP contribution in [0.25, 0.3) is 5.82 Å². The molecule has 13 heteroatoms. The first-order chi connectivity index (χ1) is 14.0. The summed E-state index contributed by atoms with van der Waals surface area (Å²) in [5, 5.41) is 5.93. The molecule has 0 spiro atoms. The number of hydrogen-bond acceptors (Lipinski definition) is 5. The summed E-state index contributed by atoms with van der Waals surface area (Å²) in [5.41, 5.74) is -3.08. The summed E-state index contributed by atoms with van der Waals surface area (Å²) < 4.78 is 77.6. The minimum atomic E-state index is -4.62. The van der Waals surface area contributed by atoms with Crippen LogP contribution in [0.5, 0.6) is 0 Å². The van der Waals surface area contributed by atoms with Gasteiger partial charge in [0.2, 0.25) is 0 Å². The minimum Gasteiger partial charge on any atom is -0.378 e. The van der Waals surface area contributed by atoms with Crippen molar-refractivity contribution in [2.75, 3.05) is 5.32 Å². The lowest BCUT2D eigenvalue weighted by atomic mass is 10.1. The first-order valence-electron chi connectivity index (χ1n) is 8.04. The zero-order chi connectivity index (χ0) is 22.1. The third-order valence-electron chi connectivity index (χ3n) is 3.90. The molecule has 0 fully saturated rings. The van der Waals surface area contributed by atoms with Crippen LogP contribution in [0.15, 0.2) is 47.8 Å². The largest absolute Gasteiger partial charge is 0.418 e. The SMILES string of the molecule is O=c1c(Cl)c(NCc2ccncc2C(F)(F)F)cnn1-c1ccc(C(F)(F)F)cn1. The van der Waals surface area contributed by atoms with Crippen LogP contribution in [0.4, 0.5) is 32.0 Å². The first-order valence-corrected chi connectivity index (χ1v) is 8.41. The lowest BCUT2D eigenvalue weighted by Gasteiger charge is -2.14. The molecule has 6 nitrogen and oxygen atoms in total. The number of aromatic nitrogens is 4. The van der Waals surface area contributed by atoms with Crippen molar-refractivity contribution < 1.29 is 26.3 Å². The molecule has 0 aliphatic rings. The van der Waals surface area contributed by atoms with Crippen LogP contribution >= 0.6 is 11.6 Å². The lowest BCUT2D eigenvalue weighted by Crippen LogP contribution is -2.24. The summed E-state index contributed by atoms with van der Waals surface area (Å²) in [5.74, 6) is -0.213. The van der Waals surface area contributed by atoms with Crippen LogP contribution in [0, 0.1) is 0 Å². The van der Waals surface area contributed by atoms with Gasteiger partial charge in [-0.15, -0.1) is 0 Å². The average molecular weight is 450 g/mol. The van der Waals surface area contributed by atoms with Gasteiger partial charge in [0.1, 0.15) is 5.02 Å². The Labute approximate surface area is 169 Å². The van der Waals surface area contributed by atoms with E-state index in [4.69, 9.17) is 11.6 Å². The zero-order valence-corrected chi connectivity index (χ0v) is 15.3. The molecular weight excluding hydrogens is 440 g/mol. The van der Waals surface area contributed by atoms with Crippen molar-refractivity contribution in [3.8, 4) is 5.82 Å². The summed E-state index contributed by atoms with van der Waals surface area (Å²) in [6.45, 7) is -0.333. The Morgan fingerprint density at radius 2 is 1.73 bits per heavy atom. The molecule has 158 valence electrons. The molecule has 0 saturated carbocycles. The zero-order valence-electron chi connectivity index (χ0n) is 14.6. The monoisotopic (exact) mass is 449 g/mol. The van der Waals surface area contributed by atoms with Gasteiger partial charge in [-0.25, -0.2) is 4.98 Å². The van der Waals surface area contributed by atoms with Crippen molar-refractivity contribution in [2.45, 2.75) is 18.9 Å². The molecule has 0 saturated heterocycles. The standard InChI is InChI=1S/C17H10ClF6N5O/c18-14-12(26-5-9-3-4-25-7-11(9)17(22,23)24)8-28-29(15(14)30)13-2-1-10(6-27-13)16(19,20)21/h1-4,6-8,26H,5H2. The van der Waals surface area contributed by atoms with E-state index in [1.807, 2.05) is 0 Å². The van der Waals surface area contributed by atoms with Crippen LogP contribution in [0.2, 0.25) is 5.02 Å². The number of pyridine rings is 2. The second-order valence-corrected chi connectivity index (χ2v) is 6.25. The Morgan fingerprint density at radius 3 is 2.33 bits per heavy atom. The molecule has 3 aromatic rings. The molecular formula is C17H10ClF6N5O. The van der Waals surface area contributed by atoms with Gasteiger partial charge in [-0.2, -0.15) is 36.1 Å². The molecule has 0 unspecified atom stereocenters. The number of nitrogens with zero attached hydrogens (tertiary/aromatic N) is 4. The molecule has 0 aliphatic heterocycles. The molecule has 3 rings (SSSR count). The number of nitrogens with one attached hydrogen (secondary N) is 1. The van der Waals surface area contributed by atoms with Crippen LogP contribution in [-0.4, -0.2) is 19.7 Å². The summed E-state index contributed by atoms with van der Waals surface area (Å²) in [6.07, 6.45) is -5.78. The average Bonchev–Trinajstić information content (AvgIpc) is 2.68. The third kappa shape index (κ3) is 4.53. The van der Waals surface area contributed by atoms with Gasteiger partial charge in [-0.05, 0) is 23.8 Å². The predicted molar refractivity (Wildman–Crippen MR) is 94.2 cm³/mol. The van der Waals surface area contributed by atoms with E-state index in [9.17, 15) is 31.1 Å². The Hall–Kier alpha value is -3.15. The van der Waals surface area contributed by atoms with Gasteiger partial charge < -0.3 is 5.32 Å². The van der Waals surface area contributed by atoms with Crippen molar-refractivity contribution in [3.63, 3.8) is 0 Å². The maximum Gasteiger partial charge on any atom is 0.418 e. The second-order valence-electron chi connectivity index (χ2n) is 5.88. The summed E-state index contributed by atoms with van der Waals surface area (Å²) in [7, 11) is 0. The fraction of sp³-hybridized carbons (Fsp3) is 0.176. The van der Waals surface area contributed by atoms with Gasteiger partial charge in [0.15, 0.2) is 5.82 Å². The number of anilines is 1. The van der Waals surface area contributed by atoms with Gasteiger partial charge in [0.05, 0.1) is 23.0 Å². The topological polar surface area (TPSA) is 72.7 Å². The highest BCUT2D eigenvalue weighted by molar-refractivity contribution is 6.32. The van der Waals surface area contributed by atoms with Crippen molar-refractivity contribution >= 4 is 17.3 Å². The number of hydrogen-bond donors (Lipinski definition) is 1. The van der Waals surface area contributed by atoms with E-state index in [0.29, 0.717) is 17.1 Å². The molecule has 3 aromatic heterocycles. The Morgan fingerprint density at radius 1 is 1.00 bits per heavy atom. The van der Waals surface area contributed by atoms with Crippen molar-refractivity contribution in [3.05, 3.63) is 75.1 Å². The number of halogens is 7. The predicted octanol–water partition coefficient (Wildman–Crippen LogP) is 4.33. The highest BCUT2D eigenvalue weighted by Crippen LogP contribution is 2.32. The van der Waals surface area contributed by atoms with Gasteiger partial charge >= 0.3 is 12.4 Å². The fourth-order valence-electron chi connectivity index (χ4n) is 2.42. The quantitative estimate of drug-likeness (QED) is 0.600. The van der Waals surface area contributed by atoms with E-state index in [1.165, 1.54) is 6.20 Å². The van der Waals surface area contributed by atoms with E-state index in [-0.39, 0.29) is 23.6 Å². The van der Waals surface area contributed by atoms with Gasteiger partial charge in [0, 0.05) is 25.1 Å². The smallest absolute Gasteiger partial charge is 0.378 e. The molecule has 30 heavy (non-hydrogen) atoms. The van der Waals surface area contributed by atoms with Crippen molar-refractivity contribution in [2.24, 2.45) is 0 Å². The van der Waals surface area contributed by atoms with E-state index < -0.39 is 34.1 Å². The molecule has 0 radical (unpaired) electrons. The minimum absolute atomic E-state index is 0.0604. The first kappa shape index (κ1) is 21.6. The van der Waals surface area contributed by atoms with Crippen molar-refractivity contribution in [1.29, 1.82) is 0 Å². The molecule has 0 atom stereocenters. The number of alkyl halides is 6. The fourth-order valence-corrected chi connectivity index (χ4v) is 2.62. The van der Waals surface area contributed by atoms with E-state index in [0.717, 1.165) is 24.4 Å². The van der Waals surface area contributed by atoms with Crippen molar-refractivity contribution in [1.82, 2.24) is 19.7 Å². The van der Waals surface area contributed by atoms with Crippen LogP contribution in [0.3, 0.4) is 0 Å². The summed E-state index contributed by atoms with van der Waals surface area (Å²) >= 11 is 5.97. The molecule has 1 N–H and O–H groups in total. The lowest BCUT2D eigenvalue weighted by molar-refractivity contribution is -0.139. The molecule has 0 bridgehead atoms. The highest BCUT2D eigenvalue weighted by atomic mass is 35.5. The van der Waals surface area contributed by atoms with E-state index in [2.05, 4.69) is 20.4 Å². The van der Waals surface area contributed by atoms with E-state index >= 15 is 0 Å². The molecule has 3 heterocycles. The van der Waals surface area contributed by atoms with Gasteiger partial charge in [0.25, 0.3) is 5.56 Å². The van der Waals surface area contributed by atoms with E-state index in [1.54, 1.807) is 0 Å². The Kier molecular flexibility index (Phi) is 5.70. The normalized spacial score (nSPS) is 12.1. The molecule has 0 aromatic carbocycles. The van der Waals surface area contributed by atoms with Gasteiger partial charge in [-0.3, -0.25) is 9.78 Å². The highest BCUT2D eigenvalue weighted by Gasteiger charge is 2.33. The van der Waals surface area contributed by atoms with Gasteiger partial charge in [-0.1, -0.05) is 11.6 Å². The van der Waals surface area contributed by atoms with Crippen LogP contribution in [-0.2, 0) is 18.9 Å². The van der Waals surface area contributed by atoms with Crippen LogP contribution < -0.4 is 10.9 Å². The second kappa shape index (κ2) is 7.94. The summed E-state index contributed by atoms with van der Waals surface area (Å²) in [4.78, 5) is 19.4. The Balaban J connectivity index is 1.85.